The van der Waals surface area contributed by atoms with Gasteiger partial charge in [0, 0.05) is 18.8 Å². The van der Waals surface area contributed by atoms with E-state index in [-0.39, 0.29) is 12.0 Å². The number of nitrogens with zero attached hydrogens (tertiary/aromatic N) is 2. The van der Waals surface area contributed by atoms with Crippen molar-refractivity contribution in [1.29, 1.82) is 5.26 Å². The van der Waals surface area contributed by atoms with E-state index >= 15 is 0 Å². The highest BCUT2D eigenvalue weighted by Crippen LogP contribution is 2.32. The molecule has 0 aromatic heterocycles. The molecule has 0 saturated carbocycles. The smallest absolute Gasteiger partial charge is 0.410 e. The van der Waals surface area contributed by atoms with E-state index in [0.717, 1.165) is 24.1 Å². The zero-order valence-corrected chi connectivity index (χ0v) is 13.4. The summed E-state index contributed by atoms with van der Waals surface area (Å²) in [6, 6.07) is 7.53. The van der Waals surface area contributed by atoms with E-state index in [1.54, 1.807) is 17.0 Å². The fraction of sp³-hybridized carbons (Fsp3) is 0.529. The lowest BCUT2D eigenvalue weighted by Crippen LogP contribution is -2.41. The van der Waals surface area contributed by atoms with Gasteiger partial charge in [0.2, 0.25) is 0 Å². The van der Waals surface area contributed by atoms with Crippen LogP contribution < -0.4 is 5.73 Å². The lowest BCUT2D eigenvalue weighted by Gasteiger charge is -2.34. The predicted octanol–water partition coefficient (Wildman–Crippen LogP) is 3.25. The number of likely N-dealkylation sites (tertiary alicyclic amines) is 1. The summed E-state index contributed by atoms with van der Waals surface area (Å²) in [5.74, 6) is 0.284. The molecule has 1 aromatic rings. The highest BCUT2D eigenvalue weighted by Gasteiger charge is 2.28. The first-order chi connectivity index (χ1) is 10.3. The number of carbonyl (C=O) groups is 1. The number of hydrogen-bond acceptors (Lipinski definition) is 4. The lowest BCUT2D eigenvalue weighted by molar-refractivity contribution is 0.0205. The van der Waals surface area contributed by atoms with Gasteiger partial charge in [-0.1, -0.05) is 0 Å². The number of rotatable bonds is 1. The number of ether oxygens (including phenoxy) is 1. The van der Waals surface area contributed by atoms with Gasteiger partial charge in [-0.15, -0.1) is 0 Å². The zero-order chi connectivity index (χ0) is 16.3. The molecule has 1 heterocycles. The van der Waals surface area contributed by atoms with Crippen molar-refractivity contribution < 1.29 is 9.53 Å². The Morgan fingerprint density at radius 1 is 1.36 bits per heavy atom. The summed E-state index contributed by atoms with van der Waals surface area (Å²) in [6.07, 6.45) is 1.40. The number of hydrogen-bond donors (Lipinski definition) is 1. The molecular weight excluding hydrogens is 278 g/mol. The van der Waals surface area contributed by atoms with Crippen molar-refractivity contribution in [2.45, 2.75) is 45.1 Å². The molecule has 1 aromatic carbocycles. The third-order valence-corrected chi connectivity index (χ3v) is 3.80. The van der Waals surface area contributed by atoms with Crippen molar-refractivity contribution in [3.05, 3.63) is 29.3 Å². The van der Waals surface area contributed by atoms with Gasteiger partial charge in [0.25, 0.3) is 0 Å². The van der Waals surface area contributed by atoms with Crippen LogP contribution in [0.15, 0.2) is 18.2 Å². The molecule has 5 nitrogen and oxygen atoms in total. The molecule has 0 atom stereocenters. The largest absolute Gasteiger partial charge is 0.444 e. The minimum atomic E-state index is -0.473. The fourth-order valence-corrected chi connectivity index (χ4v) is 2.70. The van der Waals surface area contributed by atoms with Crippen LogP contribution in [0.4, 0.5) is 10.5 Å². The molecule has 1 aliphatic rings. The summed E-state index contributed by atoms with van der Waals surface area (Å²) in [5.41, 5.74) is 7.92. The Hall–Kier alpha value is -2.22. The fourth-order valence-electron chi connectivity index (χ4n) is 2.70. The van der Waals surface area contributed by atoms with Crippen LogP contribution >= 0.6 is 0 Å². The molecule has 1 amide bonds. The third kappa shape index (κ3) is 3.91. The Morgan fingerprint density at radius 3 is 2.55 bits per heavy atom. The second kappa shape index (κ2) is 6.27. The second-order valence-corrected chi connectivity index (χ2v) is 6.70. The third-order valence-electron chi connectivity index (χ3n) is 3.80. The normalized spacial score (nSPS) is 16.2. The molecule has 0 aliphatic carbocycles. The van der Waals surface area contributed by atoms with Crippen LogP contribution in [0.5, 0.6) is 0 Å². The number of nitrogens with two attached hydrogens (primary N) is 1. The van der Waals surface area contributed by atoms with E-state index < -0.39 is 5.60 Å². The van der Waals surface area contributed by atoms with Gasteiger partial charge in [0.15, 0.2) is 0 Å². The predicted molar refractivity (Wildman–Crippen MR) is 85.4 cm³/mol. The number of amides is 1. The van der Waals surface area contributed by atoms with Gasteiger partial charge in [-0.25, -0.2) is 4.79 Å². The molecule has 22 heavy (non-hydrogen) atoms. The number of anilines is 1. The topological polar surface area (TPSA) is 79.3 Å². The quantitative estimate of drug-likeness (QED) is 0.807. The maximum Gasteiger partial charge on any atom is 0.410 e. The van der Waals surface area contributed by atoms with Crippen LogP contribution in [0, 0.1) is 11.3 Å². The molecule has 0 radical (unpaired) electrons. The summed E-state index contributed by atoms with van der Waals surface area (Å²) >= 11 is 0. The first-order valence-electron chi connectivity index (χ1n) is 7.57. The number of nitriles is 1. The molecule has 2 rings (SSSR count). The maximum absolute atomic E-state index is 12.1. The minimum absolute atomic E-state index is 0.260. The summed E-state index contributed by atoms with van der Waals surface area (Å²) < 4.78 is 5.40. The highest BCUT2D eigenvalue weighted by molar-refractivity contribution is 5.68. The van der Waals surface area contributed by atoms with E-state index in [9.17, 15) is 4.79 Å². The van der Waals surface area contributed by atoms with Crippen LogP contribution in [-0.4, -0.2) is 29.7 Å². The number of nitrogen functional groups attached to an aromatic ring is 1. The number of benzene rings is 1. The standard InChI is InChI=1S/C17H23N3O2/c1-17(2,3)22-16(21)20-8-6-13(7-9-20)14-10-12(11-18)4-5-15(14)19/h4-5,10,13H,6-9,19H2,1-3H3. The van der Waals surface area contributed by atoms with Crippen molar-refractivity contribution in [1.82, 2.24) is 4.90 Å². The summed E-state index contributed by atoms with van der Waals surface area (Å²) in [7, 11) is 0. The molecule has 0 unspecified atom stereocenters. The minimum Gasteiger partial charge on any atom is -0.444 e. The van der Waals surface area contributed by atoms with Crippen LogP contribution in [0.25, 0.3) is 0 Å². The van der Waals surface area contributed by atoms with Gasteiger partial charge >= 0.3 is 6.09 Å². The summed E-state index contributed by atoms with van der Waals surface area (Å²) in [6.45, 7) is 6.90. The lowest BCUT2D eigenvalue weighted by atomic mass is 9.87. The van der Waals surface area contributed by atoms with Crippen LogP contribution in [0.2, 0.25) is 0 Å². The number of piperidine rings is 1. The van der Waals surface area contributed by atoms with Gasteiger partial charge in [0.1, 0.15) is 5.60 Å². The molecule has 0 spiro atoms. The average Bonchev–Trinajstić information content (AvgIpc) is 2.46. The SMILES string of the molecule is CC(C)(C)OC(=O)N1CCC(c2cc(C#N)ccc2N)CC1. The van der Waals surface area contributed by atoms with Gasteiger partial charge in [-0.2, -0.15) is 5.26 Å². The van der Waals surface area contributed by atoms with Crippen molar-refractivity contribution in [2.24, 2.45) is 0 Å². The highest BCUT2D eigenvalue weighted by atomic mass is 16.6. The van der Waals surface area contributed by atoms with Gasteiger partial charge in [-0.05, 0) is 63.3 Å². The Labute approximate surface area is 131 Å². The maximum atomic E-state index is 12.1. The van der Waals surface area contributed by atoms with E-state index in [4.69, 9.17) is 15.7 Å². The van der Waals surface area contributed by atoms with Crippen molar-refractivity contribution in [2.75, 3.05) is 18.8 Å². The van der Waals surface area contributed by atoms with Crippen molar-refractivity contribution in [3.8, 4) is 6.07 Å². The molecule has 2 N–H and O–H groups in total. The van der Waals surface area contributed by atoms with E-state index in [0.29, 0.717) is 18.7 Å². The Bertz CT molecular complexity index is 591. The van der Waals surface area contributed by atoms with Gasteiger partial charge in [0.05, 0.1) is 11.6 Å². The van der Waals surface area contributed by atoms with E-state index in [2.05, 4.69) is 6.07 Å². The Morgan fingerprint density at radius 2 is 2.00 bits per heavy atom. The first kappa shape index (κ1) is 16.2. The van der Waals surface area contributed by atoms with Crippen LogP contribution in [-0.2, 0) is 4.74 Å². The number of carbonyl (C=O) groups excluding carboxylic acids is 1. The molecule has 118 valence electrons. The molecule has 0 bridgehead atoms. The van der Waals surface area contributed by atoms with Crippen LogP contribution in [0.1, 0.15) is 50.7 Å². The zero-order valence-electron chi connectivity index (χ0n) is 13.4. The first-order valence-corrected chi connectivity index (χ1v) is 7.57. The molecule has 1 saturated heterocycles. The van der Waals surface area contributed by atoms with Crippen molar-refractivity contribution in [3.63, 3.8) is 0 Å². The van der Waals surface area contributed by atoms with E-state index in [1.165, 1.54) is 0 Å². The molecular formula is C17H23N3O2. The Balaban J connectivity index is 2.01. The van der Waals surface area contributed by atoms with Gasteiger partial charge < -0.3 is 15.4 Å². The average molecular weight is 301 g/mol. The second-order valence-electron chi connectivity index (χ2n) is 6.70. The molecule has 5 heteroatoms. The van der Waals surface area contributed by atoms with E-state index in [1.807, 2.05) is 26.8 Å². The van der Waals surface area contributed by atoms with Crippen molar-refractivity contribution >= 4 is 11.8 Å². The Kier molecular flexibility index (Phi) is 4.60. The molecule has 1 fully saturated rings. The summed E-state index contributed by atoms with van der Waals surface area (Å²) in [5, 5.41) is 9.01. The van der Waals surface area contributed by atoms with Crippen LogP contribution in [0.3, 0.4) is 0 Å². The van der Waals surface area contributed by atoms with Gasteiger partial charge in [-0.3, -0.25) is 0 Å². The molecule has 1 aliphatic heterocycles. The summed E-state index contributed by atoms with van der Waals surface area (Å²) in [4.78, 5) is 13.8. The monoisotopic (exact) mass is 301 g/mol.